The second kappa shape index (κ2) is 6.94. The first kappa shape index (κ1) is 16.5. The molecule has 0 aliphatic carbocycles. The zero-order valence-electron chi connectivity index (χ0n) is 12.9. The summed E-state index contributed by atoms with van der Waals surface area (Å²) in [6.45, 7) is 6.25. The van der Waals surface area contributed by atoms with Crippen LogP contribution in [-0.4, -0.2) is 17.1 Å². The Morgan fingerprint density at radius 1 is 1.18 bits per heavy atom. The highest BCUT2D eigenvalue weighted by Crippen LogP contribution is 2.22. The van der Waals surface area contributed by atoms with Crippen molar-refractivity contribution in [3.63, 3.8) is 0 Å². The van der Waals surface area contributed by atoms with Crippen molar-refractivity contribution >= 4 is 0 Å². The zero-order chi connectivity index (χ0) is 16.2. The molecule has 0 aliphatic heterocycles. The third kappa shape index (κ3) is 4.58. The molecule has 0 bridgehead atoms. The van der Waals surface area contributed by atoms with E-state index in [1.807, 2.05) is 20.8 Å². The van der Waals surface area contributed by atoms with Gasteiger partial charge in [0.15, 0.2) is 6.10 Å². The summed E-state index contributed by atoms with van der Waals surface area (Å²) < 4.78 is 26.2. The number of hydrogen-bond acceptors (Lipinski definition) is 3. The molecule has 0 radical (unpaired) electrons. The van der Waals surface area contributed by atoms with Crippen LogP contribution in [-0.2, 0) is 4.94 Å². The maximum absolute atomic E-state index is 13.3. The topological polar surface area (TPSA) is 34.1 Å². The minimum absolute atomic E-state index is 0.156. The van der Waals surface area contributed by atoms with Crippen molar-refractivity contribution < 1.29 is 13.9 Å². The van der Waals surface area contributed by atoms with Crippen LogP contribution in [0.3, 0.4) is 0 Å². The monoisotopic (exact) mass is 306 g/mol. The Balaban J connectivity index is 2.23. The second-order valence-corrected chi connectivity index (χ2v) is 6.17. The van der Waals surface area contributed by atoms with E-state index in [2.05, 4.69) is 15.2 Å². The standard InChI is InChI=1S/C17H20F2N2O/c1-17(2,3)20-11-16(22-19)15-9-5-8-14(21-15)12-6-4-7-13(18)10-12/h4-10,16,20H,11H2,1-3H3. The molecule has 1 unspecified atom stereocenters. The average molecular weight is 306 g/mol. The van der Waals surface area contributed by atoms with Crippen molar-refractivity contribution in [3.05, 3.63) is 54.0 Å². The van der Waals surface area contributed by atoms with Gasteiger partial charge < -0.3 is 5.32 Å². The molecule has 1 N–H and O–H groups in total. The molecule has 22 heavy (non-hydrogen) atoms. The lowest BCUT2D eigenvalue weighted by Crippen LogP contribution is -2.38. The third-order valence-electron chi connectivity index (χ3n) is 3.15. The third-order valence-corrected chi connectivity index (χ3v) is 3.15. The Morgan fingerprint density at radius 2 is 1.91 bits per heavy atom. The minimum atomic E-state index is -0.812. The van der Waals surface area contributed by atoms with E-state index < -0.39 is 6.10 Å². The van der Waals surface area contributed by atoms with Gasteiger partial charge in [0, 0.05) is 17.6 Å². The largest absolute Gasteiger partial charge is 0.309 e. The van der Waals surface area contributed by atoms with Gasteiger partial charge in [0.05, 0.1) is 11.4 Å². The molecule has 1 aromatic carbocycles. The lowest BCUT2D eigenvalue weighted by Gasteiger charge is -2.23. The lowest BCUT2D eigenvalue weighted by atomic mass is 10.1. The molecule has 0 amide bonds. The van der Waals surface area contributed by atoms with Crippen molar-refractivity contribution in [2.75, 3.05) is 6.54 Å². The number of nitrogens with one attached hydrogen (secondary N) is 1. The van der Waals surface area contributed by atoms with Crippen molar-refractivity contribution in [3.8, 4) is 11.3 Å². The number of hydrogen-bond donors (Lipinski definition) is 1. The van der Waals surface area contributed by atoms with E-state index in [0.29, 0.717) is 23.5 Å². The van der Waals surface area contributed by atoms with Gasteiger partial charge >= 0.3 is 0 Å². The number of nitrogens with zero attached hydrogens (tertiary/aromatic N) is 1. The first-order valence-corrected chi connectivity index (χ1v) is 7.14. The van der Waals surface area contributed by atoms with Crippen LogP contribution >= 0.6 is 0 Å². The van der Waals surface area contributed by atoms with Crippen molar-refractivity contribution in [1.82, 2.24) is 10.3 Å². The Bertz CT molecular complexity index is 626. The quantitative estimate of drug-likeness (QED) is 0.898. The molecular formula is C17H20F2N2O. The number of aromatic nitrogens is 1. The molecule has 0 saturated carbocycles. The molecule has 3 nitrogen and oxygen atoms in total. The normalized spacial score (nSPS) is 13.1. The van der Waals surface area contributed by atoms with E-state index in [1.54, 1.807) is 30.3 Å². The highest BCUT2D eigenvalue weighted by Gasteiger charge is 2.19. The van der Waals surface area contributed by atoms with Crippen LogP contribution < -0.4 is 5.32 Å². The SMILES string of the molecule is CC(C)(C)NCC(OF)c1cccc(-c2cccc(F)c2)n1. The molecule has 0 saturated heterocycles. The smallest absolute Gasteiger partial charge is 0.152 e. The maximum Gasteiger partial charge on any atom is 0.152 e. The molecule has 0 spiro atoms. The molecule has 5 heteroatoms. The van der Waals surface area contributed by atoms with Gasteiger partial charge in [-0.3, -0.25) is 0 Å². The zero-order valence-corrected chi connectivity index (χ0v) is 12.9. The fraction of sp³-hybridized carbons (Fsp3) is 0.353. The van der Waals surface area contributed by atoms with Crippen LogP contribution in [0.15, 0.2) is 42.5 Å². The predicted octanol–water partition coefficient (Wildman–Crippen LogP) is 4.22. The van der Waals surface area contributed by atoms with Crippen LogP contribution in [0.25, 0.3) is 11.3 Å². The molecule has 1 heterocycles. The van der Waals surface area contributed by atoms with Gasteiger partial charge in [-0.1, -0.05) is 18.2 Å². The highest BCUT2D eigenvalue weighted by atomic mass is 19.3. The van der Waals surface area contributed by atoms with E-state index in [1.165, 1.54) is 12.1 Å². The Hall–Kier alpha value is -1.85. The summed E-state index contributed by atoms with van der Waals surface area (Å²) in [6.07, 6.45) is -0.812. The van der Waals surface area contributed by atoms with Gasteiger partial charge in [-0.05, 0) is 49.6 Å². The Kier molecular flexibility index (Phi) is 5.21. The Labute approximate surface area is 129 Å². The van der Waals surface area contributed by atoms with Gasteiger partial charge in [0.2, 0.25) is 0 Å². The molecular weight excluding hydrogens is 286 g/mol. The van der Waals surface area contributed by atoms with Gasteiger partial charge in [0.25, 0.3) is 0 Å². The summed E-state index contributed by atoms with van der Waals surface area (Å²) in [5.74, 6) is -0.336. The maximum atomic E-state index is 13.3. The highest BCUT2D eigenvalue weighted by molar-refractivity contribution is 5.59. The molecule has 2 aromatic rings. The van der Waals surface area contributed by atoms with Crippen LogP contribution in [0.2, 0.25) is 0 Å². The number of benzene rings is 1. The summed E-state index contributed by atoms with van der Waals surface area (Å²) in [5, 5.41) is 3.17. The van der Waals surface area contributed by atoms with Crippen LogP contribution in [0.1, 0.15) is 32.6 Å². The fourth-order valence-electron chi connectivity index (χ4n) is 2.02. The van der Waals surface area contributed by atoms with E-state index in [4.69, 9.17) is 0 Å². The van der Waals surface area contributed by atoms with Crippen LogP contribution in [0.5, 0.6) is 0 Å². The summed E-state index contributed by atoms with van der Waals surface area (Å²) >= 11 is 0. The van der Waals surface area contributed by atoms with E-state index in [9.17, 15) is 8.92 Å². The molecule has 1 aromatic heterocycles. The number of pyridine rings is 1. The van der Waals surface area contributed by atoms with Gasteiger partial charge in [-0.25, -0.2) is 9.37 Å². The molecule has 2 rings (SSSR count). The fourth-order valence-corrected chi connectivity index (χ4v) is 2.02. The summed E-state index contributed by atoms with van der Waals surface area (Å²) in [4.78, 5) is 8.43. The van der Waals surface area contributed by atoms with Crippen molar-refractivity contribution in [2.45, 2.75) is 32.4 Å². The lowest BCUT2D eigenvalue weighted by molar-refractivity contribution is -0.182. The summed E-state index contributed by atoms with van der Waals surface area (Å²) in [7, 11) is 0. The van der Waals surface area contributed by atoms with Gasteiger partial charge in [-0.2, -0.15) is 4.94 Å². The van der Waals surface area contributed by atoms with Crippen molar-refractivity contribution in [2.24, 2.45) is 0 Å². The van der Waals surface area contributed by atoms with Gasteiger partial charge in [0.1, 0.15) is 5.82 Å². The van der Waals surface area contributed by atoms with Crippen LogP contribution in [0, 0.1) is 5.82 Å². The van der Waals surface area contributed by atoms with Gasteiger partial charge in [-0.15, -0.1) is 0 Å². The average Bonchev–Trinajstić information content (AvgIpc) is 2.47. The van der Waals surface area contributed by atoms with E-state index >= 15 is 0 Å². The van der Waals surface area contributed by atoms with Crippen molar-refractivity contribution in [1.29, 1.82) is 0 Å². The predicted molar refractivity (Wildman–Crippen MR) is 82.3 cm³/mol. The molecule has 0 fully saturated rings. The second-order valence-electron chi connectivity index (χ2n) is 6.17. The first-order chi connectivity index (χ1) is 10.4. The Morgan fingerprint density at radius 3 is 2.55 bits per heavy atom. The van der Waals surface area contributed by atoms with Crippen LogP contribution in [0.4, 0.5) is 8.92 Å². The first-order valence-electron chi connectivity index (χ1n) is 7.14. The molecule has 118 valence electrons. The van der Waals surface area contributed by atoms with E-state index in [-0.39, 0.29) is 11.4 Å². The molecule has 0 aliphatic rings. The number of rotatable bonds is 5. The number of halogens is 2. The minimum Gasteiger partial charge on any atom is -0.309 e. The van der Waals surface area contributed by atoms with E-state index in [0.717, 1.165) is 0 Å². The summed E-state index contributed by atoms with van der Waals surface area (Å²) in [6, 6.07) is 11.3. The molecule has 1 atom stereocenters. The summed E-state index contributed by atoms with van der Waals surface area (Å²) in [5.41, 5.74) is 1.52.